The second-order valence-electron chi connectivity index (χ2n) is 7.11. The van der Waals surface area contributed by atoms with Crippen LogP contribution >= 0.6 is 11.3 Å². The Morgan fingerprint density at radius 3 is 2.82 bits per heavy atom. The third-order valence-electron chi connectivity index (χ3n) is 3.80. The Morgan fingerprint density at radius 1 is 1.45 bits per heavy atom. The molecule has 1 aliphatic heterocycles. The van der Waals surface area contributed by atoms with Crippen molar-refractivity contribution in [2.24, 2.45) is 11.3 Å². The molecule has 1 aromatic rings. The number of amides is 2. The Morgan fingerprint density at radius 2 is 2.18 bits per heavy atom. The first-order valence-corrected chi connectivity index (χ1v) is 8.67. The first-order chi connectivity index (χ1) is 10.3. The molecule has 0 bridgehead atoms. The van der Waals surface area contributed by atoms with Crippen LogP contribution in [0.4, 0.5) is 5.13 Å². The summed E-state index contributed by atoms with van der Waals surface area (Å²) >= 11 is 1.37. The molecule has 0 saturated carbocycles. The molecular weight excluding hydrogens is 298 g/mol. The highest BCUT2D eigenvalue weighted by Crippen LogP contribution is 2.22. The molecule has 2 rings (SSSR count). The van der Waals surface area contributed by atoms with Crippen molar-refractivity contribution in [1.82, 2.24) is 9.88 Å². The van der Waals surface area contributed by atoms with Gasteiger partial charge in [0.15, 0.2) is 5.13 Å². The van der Waals surface area contributed by atoms with E-state index < -0.39 is 5.41 Å². The summed E-state index contributed by atoms with van der Waals surface area (Å²) in [6.45, 7) is 9.45. The van der Waals surface area contributed by atoms with Crippen LogP contribution in [0.15, 0.2) is 5.38 Å². The number of thiazole rings is 1. The SMILES string of the molecule is CC1CCCN(C(=O)Cc2csc(NC(=O)C(C)(C)C)n2)C1. The standard InChI is InChI=1S/C16H25N3O2S/c1-11-6-5-7-19(9-11)13(20)8-12-10-22-15(17-12)18-14(21)16(2,3)4/h10-11H,5-9H2,1-4H3,(H,17,18,21). The van der Waals surface area contributed by atoms with Gasteiger partial charge in [-0.1, -0.05) is 27.7 Å². The fourth-order valence-electron chi connectivity index (χ4n) is 2.41. The molecule has 0 aliphatic carbocycles. The second kappa shape index (κ2) is 6.77. The lowest BCUT2D eigenvalue weighted by molar-refractivity contribution is -0.132. The maximum absolute atomic E-state index is 12.3. The molecule has 1 atom stereocenters. The van der Waals surface area contributed by atoms with Crippen molar-refractivity contribution in [1.29, 1.82) is 0 Å². The van der Waals surface area contributed by atoms with Crippen LogP contribution in [0.1, 0.15) is 46.2 Å². The minimum absolute atomic E-state index is 0.0652. The Kier molecular flexibility index (Phi) is 5.21. The zero-order valence-electron chi connectivity index (χ0n) is 13.8. The molecule has 1 unspecified atom stereocenters. The summed E-state index contributed by atoms with van der Waals surface area (Å²) in [5.74, 6) is 0.643. The van der Waals surface area contributed by atoms with Crippen molar-refractivity contribution in [3.63, 3.8) is 0 Å². The van der Waals surface area contributed by atoms with E-state index in [1.165, 1.54) is 17.8 Å². The second-order valence-corrected chi connectivity index (χ2v) is 7.97. The lowest BCUT2D eigenvalue weighted by Gasteiger charge is -2.30. The number of anilines is 1. The number of carbonyl (C=O) groups is 2. The van der Waals surface area contributed by atoms with Crippen LogP contribution in [0.3, 0.4) is 0 Å². The van der Waals surface area contributed by atoms with E-state index in [1.54, 1.807) is 0 Å². The molecule has 0 spiro atoms. The summed E-state index contributed by atoms with van der Waals surface area (Å²) in [5.41, 5.74) is 0.281. The van der Waals surface area contributed by atoms with Crippen molar-refractivity contribution in [3.8, 4) is 0 Å². The highest BCUT2D eigenvalue weighted by atomic mass is 32.1. The van der Waals surface area contributed by atoms with E-state index in [1.807, 2.05) is 31.1 Å². The molecule has 1 N–H and O–H groups in total. The fraction of sp³-hybridized carbons (Fsp3) is 0.688. The first-order valence-electron chi connectivity index (χ1n) is 7.79. The predicted molar refractivity (Wildman–Crippen MR) is 88.9 cm³/mol. The molecule has 2 heterocycles. The monoisotopic (exact) mass is 323 g/mol. The van der Waals surface area contributed by atoms with Crippen molar-refractivity contribution >= 4 is 28.3 Å². The average Bonchev–Trinajstić information content (AvgIpc) is 2.85. The maximum Gasteiger partial charge on any atom is 0.231 e. The Balaban J connectivity index is 1.91. The summed E-state index contributed by atoms with van der Waals surface area (Å²) in [6, 6.07) is 0. The number of carbonyl (C=O) groups excluding carboxylic acids is 2. The van der Waals surface area contributed by atoms with Gasteiger partial charge in [0.05, 0.1) is 12.1 Å². The quantitative estimate of drug-likeness (QED) is 0.930. The number of hydrogen-bond acceptors (Lipinski definition) is 4. The minimum Gasteiger partial charge on any atom is -0.342 e. The fourth-order valence-corrected chi connectivity index (χ4v) is 3.12. The van der Waals surface area contributed by atoms with Crippen molar-refractivity contribution < 1.29 is 9.59 Å². The Hall–Kier alpha value is -1.43. The smallest absolute Gasteiger partial charge is 0.231 e. The van der Waals surface area contributed by atoms with Crippen LogP contribution < -0.4 is 5.32 Å². The molecule has 1 aliphatic rings. The number of nitrogens with zero attached hydrogens (tertiary/aromatic N) is 2. The van der Waals surface area contributed by atoms with Crippen molar-refractivity contribution in [2.75, 3.05) is 18.4 Å². The highest BCUT2D eigenvalue weighted by Gasteiger charge is 2.24. The summed E-state index contributed by atoms with van der Waals surface area (Å²) in [5, 5.41) is 5.22. The van der Waals surface area contributed by atoms with Crippen molar-refractivity contribution in [3.05, 3.63) is 11.1 Å². The number of aromatic nitrogens is 1. The molecule has 5 nitrogen and oxygen atoms in total. The Labute approximate surface area is 136 Å². The molecule has 1 aromatic heterocycles. The number of hydrogen-bond donors (Lipinski definition) is 1. The summed E-state index contributed by atoms with van der Waals surface area (Å²) in [7, 11) is 0. The number of piperidine rings is 1. The Bertz CT molecular complexity index is 548. The van der Waals surface area contributed by atoms with Crippen LogP contribution in [-0.2, 0) is 16.0 Å². The molecular formula is C16H25N3O2S. The molecule has 22 heavy (non-hydrogen) atoms. The van der Waals surface area contributed by atoms with Gasteiger partial charge < -0.3 is 10.2 Å². The summed E-state index contributed by atoms with van der Waals surface area (Å²) in [4.78, 5) is 30.5. The molecule has 122 valence electrons. The zero-order chi connectivity index (χ0) is 16.3. The lowest BCUT2D eigenvalue weighted by atomic mass is 9.96. The van der Waals surface area contributed by atoms with Gasteiger partial charge in [0.25, 0.3) is 0 Å². The zero-order valence-corrected chi connectivity index (χ0v) is 14.6. The van der Waals surface area contributed by atoms with Crippen LogP contribution in [0.5, 0.6) is 0 Å². The van der Waals surface area contributed by atoms with Crippen LogP contribution in [0.2, 0.25) is 0 Å². The van der Waals surface area contributed by atoms with Gasteiger partial charge in [-0.2, -0.15) is 0 Å². The summed E-state index contributed by atoms with van der Waals surface area (Å²) in [6.07, 6.45) is 2.59. The van der Waals surface area contributed by atoms with E-state index in [9.17, 15) is 9.59 Å². The third kappa shape index (κ3) is 4.53. The van der Waals surface area contributed by atoms with Crippen LogP contribution in [0.25, 0.3) is 0 Å². The number of nitrogens with one attached hydrogen (secondary N) is 1. The highest BCUT2D eigenvalue weighted by molar-refractivity contribution is 7.13. The van der Waals surface area contributed by atoms with Gasteiger partial charge in [0.1, 0.15) is 0 Å². The van der Waals surface area contributed by atoms with Crippen LogP contribution in [-0.4, -0.2) is 34.8 Å². The van der Waals surface area contributed by atoms with Crippen molar-refractivity contribution in [2.45, 2.75) is 47.0 Å². The third-order valence-corrected chi connectivity index (χ3v) is 4.60. The topological polar surface area (TPSA) is 62.3 Å². The summed E-state index contributed by atoms with van der Waals surface area (Å²) < 4.78 is 0. The molecule has 0 aromatic carbocycles. The number of rotatable bonds is 3. The number of likely N-dealkylation sites (tertiary alicyclic amines) is 1. The van der Waals surface area contributed by atoms with Gasteiger partial charge in [-0.3, -0.25) is 9.59 Å². The van der Waals surface area contributed by atoms with E-state index in [0.717, 1.165) is 25.2 Å². The van der Waals surface area contributed by atoms with E-state index in [-0.39, 0.29) is 11.8 Å². The van der Waals surface area contributed by atoms with Gasteiger partial charge in [0, 0.05) is 23.9 Å². The van der Waals surface area contributed by atoms with E-state index in [2.05, 4.69) is 17.2 Å². The molecule has 6 heteroatoms. The lowest BCUT2D eigenvalue weighted by Crippen LogP contribution is -2.39. The van der Waals surface area contributed by atoms with Gasteiger partial charge >= 0.3 is 0 Å². The largest absolute Gasteiger partial charge is 0.342 e. The minimum atomic E-state index is -0.453. The van der Waals surface area contributed by atoms with Crippen LogP contribution in [0, 0.1) is 11.3 Å². The average molecular weight is 323 g/mol. The molecule has 1 saturated heterocycles. The maximum atomic E-state index is 12.3. The molecule has 2 amide bonds. The van der Waals surface area contributed by atoms with E-state index in [4.69, 9.17) is 0 Å². The van der Waals surface area contributed by atoms with Gasteiger partial charge in [-0.25, -0.2) is 4.98 Å². The molecule has 0 radical (unpaired) electrons. The predicted octanol–water partition coefficient (Wildman–Crippen LogP) is 2.93. The normalized spacial score (nSPS) is 19.1. The first kappa shape index (κ1) is 16.9. The molecule has 1 fully saturated rings. The van der Waals surface area contributed by atoms with E-state index >= 15 is 0 Å². The van der Waals surface area contributed by atoms with Gasteiger partial charge in [0.2, 0.25) is 11.8 Å². The van der Waals surface area contributed by atoms with Gasteiger partial charge in [-0.15, -0.1) is 11.3 Å². The van der Waals surface area contributed by atoms with Gasteiger partial charge in [-0.05, 0) is 18.8 Å². The van der Waals surface area contributed by atoms with E-state index in [0.29, 0.717) is 17.5 Å².